The molecule has 0 N–H and O–H groups in total. The van der Waals surface area contributed by atoms with E-state index in [2.05, 4.69) is 10.1 Å². The van der Waals surface area contributed by atoms with Crippen LogP contribution >= 0.6 is 0 Å². The Morgan fingerprint density at radius 1 is 1.12 bits per heavy atom. The third kappa shape index (κ3) is 3.18. The number of pyridine rings is 1. The number of carbonyl (C=O) groups is 1. The monoisotopic (exact) mass is 348 g/mol. The van der Waals surface area contributed by atoms with Crippen molar-refractivity contribution >= 4 is 5.91 Å². The van der Waals surface area contributed by atoms with Crippen LogP contribution in [0.3, 0.4) is 0 Å². The average molecular weight is 348 g/mol. The Labute approximate surface area is 152 Å². The second-order valence-corrected chi connectivity index (χ2v) is 6.30. The number of amides is 1. The molecule has 3 heterocycles. The van der Waals surface area contributed by atoms with E-state index in [1.54, 1.807) is 17.1 Å². The van der Waals surface area contributed by atoms with Crippen LogP contribution in [0.2, 0.25) is 0 Å². The van der Waals surface area contributed by atoms with Crippen molar-refractivity contribution in [2.75, 3.05) is 6.54 Å². The molecule has 1 amide bonds. The molecule has 0 bridgehead atoms. The number of ether oxygens (including phenoxy) is 1. The van der Waals surface area contributed by atoms with Gasteiger partial charge in [0.05, 0.1) is 12.6 Å². The summed E-state index contributed by atoms with van der Waals surface area (Å²) in [5.41, 5.74) is 2.45. The van der Waals surface area contributed by atoms with E-state index in [9.17, 15) is 4.79 Å². The van der Waals surface area contributed by atoms with Crippen LogP contribution in [0.5, 0.6) is 5.75 Å². The normalized spacial score (nSPS) is 14.8. The third-order valence-electron chi connectivity index (χ3n) is 4.65. The topological polar surface area (TPSA) is 60.3 Å². The van der Waals surface area contributed by atoms with Gasteiger partial charge < -0.3 is 9.64 Å². The third-order valence-corrected chi connectivity index (χ3v) is 4.65. The molecule has 6 heteroatoms. The van der Waals surface area contributed by atoms with Gasteiger partial charge in [-0.25, -0.2) is 0 Å². The van der Waals surface area contributed by atoms with Gasteiger partial charge in [-0.15, -0.1) is 0 Å². The molecule has 0 spiro atoms. The molecule has 2 aromatic heterocycles. The van der Waals surface area contributed by atoms with Crippen molar-refractivity contribution in [3.8, 4) is 5.75 Å². The Morgan fingerprint density at radius 2 is 1.88 bits per heavy atom. The van der Waals surface area contributed by atoms with Crippen LogP contribution in [0.25, 0.3) is 0 Å². The number of para-hydroxylation sites is 1. The van der Waals surface area contributed by atoms with Gasteiger partial charge in [-0.1, -0.05) is 18.2 Å². The molecule has 132 valence electrons. The first-order valence-corrected chi connectivity index (χ1v) is 8.68. The van der Waals surface area contributed by atoms with Gasteiger partial charge in [0.25, 0.3) is 5.91 Å². The van der Waals surface area contributed by atoms with Crippen LogP contribution in [0.1, 0.15) is 34.7 Å². The predicted molar refractivity (Wildman–Crippen MR) is 96.7 cm³/mol. The van der Waals surface area contributed by atoms with E-state index in [1.807, 2.05) is 60.4 Å². The van der Waals surface area contributed by atoms with Crippen molar-refractivity contribution in [1.29, 1.82) is 0 Å². The Kier molecular flexibility index (Phi) is 4.39. The van der Waals surface area contributed by atoms with E-state index in [1.165, 1.54) is 0 Å². The zero-order chi connectivity index (χ0) is 17.9. The summed E-state index contributed by atoms with van der Waals surface area (Å²) in [5.74, 6) is 0.789. The van der Waals surface area contributed by atoms with Crippen molar-refractivity contribution in [1.82, 2.24) is 19.7 Å². The number of benzene rings is 1. The molecule has 0 fully saturated rings. The molecule has 1 aliphatic rings. The van der Waals surface area contributed by atoms with Gasteiger partial charge in [0.15, 0.2) is 0 Å². The van der Waals surface area contributed by atoms with Gasteiger partial charge in [0.2, 0.25) is 0 Å². The first kappa shape index (κ1) is 16.3. The van der Waals surface area contributed by atoms with Crippen LogP contribution in [0.4, 0.5) is 0 Å². The molecule has 1 aromatic carbocycles. The van der Waals surface area contributed by atoms with E-state index in [4.69, 9.17) is 4.74 Å². The summed E-state index contributed by atoms with van der Waals surface area (Å²) in [5, 5.41) is 4.52. The fraction of sp³-hybridized carbons (Fsp3) is 0.250. The Balaban J connectivity index is 1.49. The molecule has 1 unspecified atom stereocenters. The van der Waals surface area contributed by atoms with Crippen LogP contribution < -0.4 is 4.74 Å². The second kappa shape index (κ2) is 7.00. The maximum absolute atomic E-state index is 12.9. The van der Waals surface area contributed by atoms with Crippen molar-refractivity contribution in [2.24, 2.45) is 0 Å². The SMILES string of the molecule is CC(c1ccncc1)N1CCn2nc(COc3ccccc3)cc2C1=O. The fourth-order valence-electron chi connectivity index (χ4n) is 3.20. The van der Waals surface area contributed by atoms with Gasteiger partial charge >= 0.3 is 0 Å². The lowest BCUT2D eigenvalue weighted by Gasteiger charge is -2.32. The van der Waals surface area contributed by atoms with Crippen LogP contribution in [0, 0.1) is 0 Å². The van der Waals surface area contributed by atoms with Crippen molar-refractivity contribution < 1.29 is 9.53 Å². The minimum Gasteiger partial charge on any atom is -0.487 e. The lowest BCUT2D eigenvalue weighted by atomic mass is 10.1. The highest BCUT2D eigenvalue weighted by Gasteiger charge is 2.30. The number of carbonyl (C=O) groups excluding carboxylic acids is 1. The lowest BCUT2D eigenvalue weighted by Crippen LogP contribution is -2.41. The Hall–Kier alpha value is -3.15. The highest BCUT2D eigenvalue weighted by Crippen LogP contribution is 2.25. The molecule has 6 nitrogen and oxygen atoms in total. The minimum absolute atomic E-state index is 0.000904. The second-order valence-electron chi connectivity index (χ2n) is 6.30. The van der Waals surface area contributed by atoms with E-state index < -0.39 is 0 Å². The Morgan fingerprint density at radius 3 is 2.65 bits per heavy atom. The fourth-order valence-corrected chi connectivity index (χ4v) is 3.20. The number of hydrogen-bond acceptors (Lipinski definition) is 4. The van der Waals surface area contributed by atoms with Crippen molar-refractivity contribution in [3.63, 3.8) is 0 Å². The molecule has 1 atom stereocenters. The smallest absolute Gasteiger partial charge is 0.272 e. The number of rotatable bonds is 5. The largest absolute Gasteiger partial charge is 0.487 e. The molecule has 3 aromatic rings. The molecule has 0 radical (unpaired) electrons. The Bertz CT molecular complexity index is 893. The average Bonchev–Trinajstić information content (AvgIpc) is 3.12. The molecular weight excluding hydrogens is 328 g/mol. The highest BCUT2D eigenvalue weighted by molar-refractivity contribution is 5.93. The summed E-state index contributed by atoms with van der Waals surface area (Å²) in [6, 6.07) is 15.3. The molecule has 1 aliphatic heterocycles. The van der Waals surface area contributed by atoms with E-state index in [0.29, 0.717) is 25.4 Å². The predicted octanol–water partition coefficient (Wildman–Crippen LogP) is 3.07. The van der Waals surface area contributed by atoms with Crippen molar-refractivity contribution in [2.45, 2.75) is 26.1 Å². The standard InChI is InChI=1S/C20H20N4O2/c1-15(16-7-9-21-10-8-16)23-11-12-24-19(20(23)25)13-17(22-24)14-26-18-5-3-2-4-6-18/h2-10,13,15H,11-12,14H2,1H3. The maximum Gasteiger partial charge on any atom is 0.272 e. The summed E-state index contributed by atoms with van der Waals surface area (Å²) in [7, 11) is 0. The van der Waals surface area contributed by atoms with E-state index in [-0.39, 0.29) is 11.9 Å². The van der Waals surface area contributed by atoms with Crippen LogP contribution in [0.15, 0.2) is 60.9 Å². The molecule has 4 rings (SSSR count). The minimum atomic E-state index is -0.00170. The summed E-state index contributed by atoms with van der Waals surface area (Å²) >= 11 is 0. The number of aromatic nitrogens is 3. The zero-order valence-electron chi connectivity index (χ0n) is 14.6. The summed E-state index contributed by atoms with van der Waals surface area (Å²) < 4.78 is 7.52. The van der Waals surface area contributed by atoms with E-state index >= 15 is 0 Å². The summed E-state index contributed by atoms with van der Waals surface area (Å²) in [6.45, 7) is 3.70. The van der Waals surface area contributed by atoms with E-state index in [0.717, 1.165) is 17.0 Å². The van der Waals surface area contributed by atoms with Gasteiger partial charge in [-0.2, -0.15) is 5.10 Å². The zero-order valence-corrected chi connectivity index (χ0v) is 14.6. The summed E-state index contributed by atoms with van der Waals surface area (Å²) in [6.07, 6.45) is 3.51. The molecular formula is C20H20N4O2. The maximum atomic E-state index is 12.9. The number of fused-ring (bicyclic) bond motifs is 1. The number of nitrogens with zero attached hydrogens (tertiary/aromatic N) is 4. The molecule has 0 aliphatic carbocycles. The van der Waals surface area contributed by atoms with Crippen molar-refractivity contribution in [3.05, 3.63) is 77.9 Å². The van der Waals surface area contributed by atoms with Gasteiger partial charge in [-0.3, -0.25) is 14.5 Å². The molecule has 0 saturated carbocycles. The number of hydrogen-bond donors (Lipinski definition) is 0. The molecule has 0 saturated heterocycles. The first-order chi connectivity index (χ1) is 12.7. The van der Waals surface area contributed by atoms with Gasteiger partial charge in [0, 0.05) is 18.9 Å². The lowest BCUT2D eigenvalue weighted by molar-refractivity contribution is 0.0624. The van der Waals surface area contributed by atoms with Gasteiger partial charge in [-0.05, 0) is 42.8 Å². The quantitative estimate of drug-likeness (QED) is 0.711. The summed E-state index contributed by atoms with van der Waals surface area (Å²) in [4.78, 5) is 18.9. The highest BCUT2D eigenvalue weighted by atomic mass is 16.5. The van der Waals surface area contributed by atoms with Gasteiger partial charge in [0.1, 0.15) is 23.7 Å². The van der Waals surface area contributed by atoms with Crippen LogP contribution in [-0.4, -0.2) is 32.1 Å². The van der Waals surface area contributed by atoms with Crippen LogP contribution in [-0.2, 0) is 13.2 Å². The first-order valence-electron chi connectivity index (χ1n) is 8.68. The molecule has 26 heavy (non-hydrogen) atoms.